The molecule has 0 fully saturated rings. The summed E-state index contributed by atoms with van der Waals surface area (Å²) in [5.41, 5.74) is 0.790. The monoisotopic (exact) mass is 451 g/mol. The summed E-state index contributed by atoms with van der Waals surface area (Å²) >= 11 is 6.13. The molecule has 2 aromatic carbocycles. The van der Waals surface area contributed by atoms with E-state index in [1.807, 2.05) is 0 Å². The Kier molecular flexibility index (Phi) is 4.90. The zero-order valence-corrected chi connectivity index (χ0v) is 18.0. The summed E-state index contributed by atoms with van der Waals surface area (Å²) in [6.07, 6.45) is 1.53. The molecule has 162 valence electrons. The number of fused-ring (bicyclic) bond motifs is 2. The Morgan fingerprint density at radius 2 is 1.91 bits per heavy atom. The molecule has 7 nitrogen and oxygen atoms in total. The van der Waals surface area contributed by atoms with Crippen molar-refractivity contribution in [2.75, 3.05) is 14.2 Å². The van der Waals surface area contributed by atoms with Gasteiger partial charge in [-0.05, 0) is 36.4 Å². The fourth-order valence-electron chi connectivity index (χ4n) is 4.18. The highest BCUT2D eigenvalue weighted by atomic mass is 35.5. The molecular weight excluding hydrogens is 434 g/mol. The van der Waals surface area contributed by atoms with Crippen LogP contribution >= 0.6 is 11.6 Å². The number of nitrogens with zero attached hydrogens (tertiary/aromatic N) is 1. The van der Waals surface area contributed by atoms with E-state index in [1.54, 1.807) is 48.5 Å². The number of carbonyl (C=O) groups is 1. The number of ether oxygens (including phenoxy) is 2. The summed E-state index contributed by atoms with van der Waals surface area (Å²) in [6, 6.07) is 12.8. The average molecular weight is 452 g/mol. The molecule has 2 aromatic heterocycles. The van der Waals surface area contributed by atoms with Gasteiger partial charge in [-0.1, -0.05) is 23.7 Å². The molecule has 0 radical (unpaired) electrons. The van der Waals surface area contributed by atoms with Crippen molar-refractivity contribution < 1.29 is 23.1 Å². The first-order chi connectivity index (χ1) is 15.5. The normalized spacial score (nSPS) is 15.3. The zero-order chi connectivity index (χ0) is 22.4. The Hall–Kier alpha value is -3.71. The van der Waals surface area contributed by atoms with E-state index in [4.69, 9.17) is 29.9 Å². The first kappa shape index (κ1) is 20.2. The number of benzene rings is 2. The number of halogens is 1. The Labute approximate surface area is 187 Å². The Morgan fingerprint density at radius 3 is 2.62 bits per heavy atom. The lowest BCUT2D eigenvalue weighted by Crippen LogP contribution is -2.29. The van der Waals surface area contributed by atoms with Crippen molar-refractivity contribution in [3.05, 3.63) is 92.7 Å². The second kappa shape index (κ2) is 7.76. The van der Waals surface area contributed by atoms with Crippen LogP contribution in [0.15, 0.2) is 68.4 Å². The lowest BCUT2D eigenvalue weighted by Gasteiger charge is -2.26. The number of carbonyl (C=O) groups excluding carboxylic acids is 1. The van der Waals surface area contributed by atoms with Crippen molar-refractivity contribution in [2.24, 2.45) is 0 Å². The molecule has 32 heavy (non-hydrogen) atoms. The second-order valence-corrected chi connectivity index (χ2v) is 7.75. The van der Waals surface area contributed by atoms with E-state index >= 15 is 0 Å². The highest BCUT2D eigenvalue weighted by Crippen LogP contribution is 2.45. The van der Waals surface area contributed by atoms with Crippen molar-refractivity contribution in [1.82, 2.24) is 4.90 Å². The summed E-state index contributed by atoms with van der Waals surface area (Å²) in [5.74, 6) is 1.05. The molecule has 0 saturated heterocycles. The topological polar surface area (TPSA) is 82.1 Å². The number of furan rings is 1. The maximum atomic E-state index is 13.6. The minimum Gasteiger partial charge on any atom is -0.493 e. The third-order valence-electron chi connectivity index (χ3n) is 5.56. The zero-order valence-electron chi connectivity index (χ0n) is 17.3. The summed E-state index contributed by atoms with van der Waals surface area (Å²) in [6.45, 7) is 0.137. The standard InChI is InChI=1S/C24H18ClNO6/c1-29-18-7-3-6-15(22(18)30-2)20-19-21(27)16-11-13(25)8-9-17(16)32-23(19)24(28)26(20)12-14-5-4-10-31-14/h3-11,20H,12H2,1-2H3. The number of methoxy groups -OCH3 is 2. The number of amides is 1. The molecule has 5 rings (SSSR count). The highest BCUT2D eigenvalue weighted by Gasteiger charge is 2.44. The second-order valence-electron chi connectivity index (χ2n) is 7.31. The van der Waals surface area contributed by atoms with Gasteiger partial charge in [0.15, 0.2) is 16.9 Å². The summed E-state index contributed by atoms with van der Waals surface area (Å²) < 4.78 is 22.5. The molecule has 4 aromatic rings. The van der Waals surface area contributed by atoms with Crippen LogP contribution in [0.25, 0.3) is 11.0 Å². The fraction of sp³-hybridized carbons (Fsp3) is 0.167. The number of rotatable bonds is 5. The largest absolute Gasteiger partial charge is 0.493 e. The van der Waals surface area contributed by atoms with Crippen LogP contribution < -0.4 is 14.9 Å². The molecule has 1 amide bonds. The average Bonchev–Trinajstić information content (AvgIpc) is 3.41. The van der Waals surface area contributed by atoms with Gasteiger partial charge in [0.05, 0.1) is 44.0 Å². The SMILES string of the molecule is COc1cccc(C2c3c(oc4ccc(Cl)cc4c3=O)C(=O)N2Cc2ccco2)c1OC. The molecule has 1 atom stereocenters. The van der Waals surface area contributed by atoms with Crippen LogP contribution in [0.4, 0.5) is 0 Å². The van der Waals surface area contributed by atoms with E-state index in [9.17, 15) is 9.59 Å². The van der Waals surface area contributed by atoms with Crippen LogP contribution in [0, 0.1) is 0 Å². The van der Waals surface area contributed by atoms with Crippen LogP contribution in [0.3, 0.4) is 0 Å². The van der Waals surface area contributed by atoms with Crippen molar-refractivity contribution in [1.29, 1.82) is 0 Å². The smallest absolute Gasteiger partial charge is 0.291 e. The van der Waals surface area contributed by atoms with E-state index in [0.29, 0.717) is 38.8 Å². The van der Waals surface area contributed by atoms with Crippen LogP contribution in [-0.2, 0) is 6.54 Å². The fourth-order valence-corrected chi connectivity index (χ4v) is 4.35. The number of para-hydroxylation sites is 1. The molecule has 0 spiro atoms. The first-order valence-electron chi connectivity index (χ1n) is 9.84. The Balaban J connectivity index is 1.80. The van der Waals surface area contributed by atoms with Gasteiger partial charge in [0.25, 0.3) is 5.91 Å². The van der Waals surface area contributed by atoms with E-state index in [2.05, 4.69) is 0 Å². The highest BCUT2D eigenvalue weighted by molar-refractivity contribution is 6.31. The molecule has 1 aliphatic heterocycles. The number of hydrogen-bond donors (Lipinski definition) is 0. The maximum Gasteiger partial charge on any atom is 0.291 e. The van der Waals surface area contributed by atoms with Crippen LogP contribution in [0.5, 0.6) is 11.5 Å². The van der Waals surface area contributed by atoms with Crippen molar-refractivity contribution in [3.8, 4) is 11.5 Å². The molecule has 0 aliphatic carbocycles. The molecule has 0 saturated carbocycles. The van der Waals surface area contributed by atoms with E-state index < -0.39 is 11.9 Å². The minimum atomic E-state index is -0.771. The molecule has 8 heteroatoms. The molecule has 3 heterocycles. The summed E-state index contributed by atoms with van der Waals surface area (Å²) in [4.78, 5) is 28.6. The Morgan fingerprint density at radius 1 is 1.06 bits per heavy atom. The number of hydrogen-bond acceptors (Lipinski definition) is 6. The van der Waals surface area contributed by atoms with Gasteiger partial charge in [-0.15, -0.1) is 0 Å². The lowest BCUT2D eigenvalue weighted by atomic mass is 9.97. The summed E-state index contributed by atoms with van der Waals surface area (Å²) in [5, 5.41) is 0.702. The molecule has 0 N–H and O–H groups in total. The van der Waals surface area contributed by atoms with Gasteiger partial charge in [-0.25, -0.2) is 0 Å². The molecule has 1 unspecified atom stereocenters. The van der Waals surface area contributed by atoms with Crippen LogP contribution in [0.1, 0.15) is 33.5 Å². The molecular formula is C24H18ClNO6. The maximum absolute atomic E-state index is 13.6. The third-order valence-corrected chi connectivity index (χ3v) is 5.80. The third kappa shape index (κ3) is 3.05. The molecule has 1 aliphatic rings. The van der Waals surface area contributed by atoms with Gasteiger partial charge in [0.2, 0.25) is 5.76 Å². The van der Waals surface area contributed by atoms with E-state index in [1.165, 1.54) is 25.4 Å². The van der Waals surface area contributed by atoms with Gasteiger partial charge in [0, 0.05) is 10.6 Å². The van der Waals surface area contributed by atoms with Crippen molar-refractivity contribution >= 4 is 28.5 Å². The van der Waals surface area contributed by atoms with Gasteiger partial charge >= 0.3 is 0 Å². The minimum absolute atomic E-state index is 0.00810. The predicted molar refractivity (Wildman–Crippen MR) is 117 cm³/mol. The summed E-state index contributed by atoms with van der Waals surface area (Å²) in [7, 11) is 3.04. The van der Waals surface area contributed by atoms with E-state index in [0.717, 1.165) is 0 Å². The van der Waals surface area contributed by atoms with Crippen LogP contribution in [0.2, 0.25) is 5.02 Å². The molecule has 0 bridgehead atoms. The van der Waals surface area contributed by atoms with Gasteiger partial charge < -0.3 is 23.2 Å². The van der Waals surface area contributed by atoms with Gasteiger partial charge in [0.1, 0.15) is 11.3 Å². The predicted octanol–water partition coefficient (Wildman–Crippen LogP) is 4.80. The van der Waals surface area contributed by atoms with Crippen molar-refractivity contribution in [2.45, 2.75) is 12.6 Å². The first-order valence-corrected chi connectivity index (χ1v) is 10.2. The lowest BCUT2D eigenvalue weighted by molar-refractivity contribution is 0.0699. The van der Waals surface area contributed by atoms with Crippen molar-refractivity contribution in [3.63, 3.8) is 0 Å². The quantitative estimate of drug-likeness (QED) is 0.433. The van der Waals surface area contributed by atoms with Gasteiger partial charge in [-0.3, -0.25) is 9.59 Å². The van der Waals surface area contributed by atoms with Crippen LogP contribution in [-0.4, -0.2) is 25.0 Å². The Bertz CT molecular complexity index is 1390. The van der Waals surface area contributed by atoms with Gasteiger partial charge in [-0.2, -0.15) is 0 Å². The van der Waals surface area contributed by atoms with E-state index in [-0.39, 0.29) is 23.3 Å².